The molecule has 0 spiro atoms. The lowest BCUT2D eigenvalue weighted by Crippen LogP contribution is -2.05. The highest BCUT2D eigenvalue weighted by atomic mass is 16.5. The second-order valence-electron chi connectivity index (χ2n) is 7.76. The molecule has 0 aromatic heterocycles. The molecule has 0 atom stereocenters. The number of aryl methyl sites for hydroxylation is 2. The van der Waals surface area contributed by atoms with Gasteiger partial charge in [-0.3, -0.25) is 0 Å². The highest BCUT2D eigenvalue weighted by Crippen LogP contribution is 2.31. The SMILES string of the molecule is C=C(C)C(=O)OCc1ccccc1-c1ccc(-c2ccc(CCCO)cc2)c(CC)c1. The van der Waals surface area contributed by atoms with E-state index < -0.39 is 0 Å². The van der Waals surface area contributed by atoms with Crippen LogP contribution in [0.2, 0.25) is 0 Å². The van der Waals surface area contributed by atoms with E-state index in [0.717, 1.165) is 36.0 Å². The topological polar surface area (TPSA) is 46.5 Å². The number of aliphatic hydroxyl groups excluding tert-OH is 1. The fourth-order valence-electron chi connectivity index (χ4n) is 3.66. The Kier molecular flexibility index (Phi) is 7.80. The van der Waals surface area contributed by atoms with Crippen LogP contribution in [0.1, 0.15) is 37.0 Å². The third-order valence-corrected chi connectivity index (χ3v) is 5.41. The number of carbonyl (C=O) groups is 1. The summed E-state index contributed by atoms with van der Waals surface area (Å²) in [5.41, 5.74) is 8.49. The van der Waals surface area contributed by atoms with Crippen molar-refractivity contribution >= 4 is 5.97 Å². The summed E-state index contributed by atoms with van der Waals surface area (Å²) in [6.45, 7) is 7.90. The van der Waals surface area contributed by atoms with E-state index in [1.54, 1.807) is 6.92 Å². The first kappa shape index (κ1) is 22.5. The van der Waals surface area contributed by atoms with Crippen molar-refractivity contribution in [3.63, 3.8) is 0 Å². The molecule has 3 aromatic carbocycles. The van der Waals surface area contributed by atoms with Gasteiger partial charge in [-0.1, -0.05) is 80.2 Å². The molecule has 0 bridgehead atoms. The number of ether oxygens (including phenoxy) is 1. The molecule has 0 heterocycles. The third kappa shape index (κ3) is 5.71. The van der Waals surface area contributed by atoms with E-state index in [1.165, 1.54) is 22.3 Å². The summed E-state index contributed by atoms with van der Waals surface area (Å²) in [4.78, 5) is 11.8. The van der Waals surface area contributed by atoms with Gasteiger partial charge in [0.05, 0.1) is 0 Å². The first-order chi connectivity index (χ1) is 15.0. The van der Waals surface area contributed by atoms with Crippen LogP contribution in [0.4, 0.5) is 0 Å². The Morgan fingerprint density at radius 2 is 1.61 bits per heavy atom. The molecule has 3 heteroatoms. The molecule has 0 amide bonds. The van der Waals surface area contributed by atoms with Crippen molar-refractivity contribution in [2.45, 2.75) is 39.7 Å². The van der Waals surface area contributed by atoms with Crippen LogP contribution in [-0.2, 0) is 29.0 Å². The molecule has 31 heavy (non-hydrogen) atoms. The summed E-state index contributed by atoms with van der Waals surface area (Å²) in [5.74, 6) is -0.373. The van der Waals surface area contributed by atoms with Crippen LogP contribution >= 0.6 is 0 Å². The third-order valence-electron chi connectivity index (χ3n) is 5.41. The van der Waals surface area contributed by atoms with Crippen LogP contribution in [0.3, 0.4) is 0 Å². The van der Waals surface area contributed by atoms with E-state index in [2.05, 4.69) is 62.0 Å². The van der Waals surface area contributed by atoms with Crippen LogP contribution in [0.25, 0.3) is 22.3 Å². The van der Waals surface area contributed by atoms with Gasteiger partial charge in [0.25, 0.3) is 0 Å². The fourth-order valence-corrected chi connectivity index (χ4v) is 3.66. The smallest absolute Gasteiger partial charge is 0.333 e. The maximum Gasteiger partial charge on any atom is 0.333 e. The van der Waals surface area contributed by atoms with Crippen molar-refractivity contribution in [2.24, 2.45) is 0 Å². The van der Waals surface area contributed by atoms with Crippen molar-refractivity contribution in [2.75, 3.05) is 6.61 Å². The zero-order chi connectivity index (χ0) is 22.2. The molecule has 3 aromatic rings. The maximum atomic E-state index is 11.8. The average molecular weight is 415 g/mol. The van der Waals surface area contributed by atoms with Gasteiger partial charge in [0, 0.05) is 12.2 Å². The highest BCUT2D eigenvalue weighted by Gasteiger charge is 2.11. The zero-order valence-corrected chi connectivity index (χ0v) is 18.4. The standard InChI is InChI=1S/C28H30O3/c1-4-22-18-24(26-10-6-5-9-25(26)19-31-28(30)20(2)3)15-16-27(22)23-13-11-21(12-14-23)8-7-17-29/h5-6,9-16,18,29H,2,4,7-8,17,19H2,1,3H3. The lowest BCUT2D eigenvalue weighted by Gasteiger charge is -2.14. The largest absolute Gasteiger partial charge is 0.457 e. The Balaban J connectivity index is 1.88. The Morgan fingerprint density at radius 1 is 0.935 bits per heavy atom. The maximum absolute atomic E-state index is 11.8. The van der Waals surface area contributed by atoms with Gasteiger partial charge in [0.15, 0.2) is 0 Å². The minimum atomic E-state index is -0.373. The molecule has 0 aliphatic carbocycles. The average Bonchev–Trinajstić information content (AvgIpc) is 2.81. The van der Waals surface area contributed by atoms with Gasteiger partial charge in [-0.25, -0.2) is 4.79 Å². The van der Waals surface area contributed by atoms with E-state index in [-0.39, 0.29) is 19.2 Å². The number of rotatable bonds is 9. The second kappa shape index (κ2) is 10.7. The van der Waals surface area contributed by atoms with Gasteiger partial charge in [0.2, 0.25) is 0 Å². The van der Waals surface area contributed by atoms with Crippen LogP contribution in [-0.4, -0.2) is 17.7 Å². The lowest BCUT2D eigenvalue weighted by molar-refractivity contribution is -0.140. The predicted molar refractivity (Wildman–Crippen MR) is 127 cm³/mol. The van der Waals surface area contributed by atoms with E-state index >= 15 is 0 Å². The van der Waals surface area contributed by atoms with Gasteiger partial charge < -0.3 is 9.84 Å². The van der Waals surface area contributed by atoms with Crippen molar-refractivity contribution in [3.8, 4) is 22.3 Å². The number of esters is 1. The number of hydrogen-bond donors (Lipinski definition) is 1. The van der Waals surface area contributed by atoms with Crippen LogP contribution in [0.5, 0.6) is 0 Å². The van der Waals surface area contributed by atoms with Crippen LogP contribution < -0.4 is 0 Å². The number of hydrogen-bond acceptors (Lipinski definition) is 3. The molecular weight excluding hydrogens is 384 g/mol. The molecule has 0 aliphatic rings. The molecule has 1 N–H and O–H groups in total. The predicted octanol–water partition coefficient (Wildman–Crippen LogP) is 6.13. The van der Waals surface area contributed by atoms with E-state index in [4.69, 9.17) is 9.84 Å². The Bertz CT molecular complexity index is 1050. The molecule has 0 fully saturated rings. The molecule has 0 aliphatic heterocycles. The second-order valence-corrected chi connectivity index (χ2v) is 7.76. The van der Waals surface area contributed by atoms with Crippen molar-refractivity contribution in [3.05, 3.63) is 95.6 Å². The van der Waals surface area contributed by atoms with E-state index in [9.17, 15) is 4.79 Å². The molecular formula is C28H30O3. The van der Waals surface area contributed by atoms with Gasteiger partial charge in [-0.15, -0.1) is 0 Å². The molecule has 0 saturated carbocycles. The van der Waals surface area contributed by atoms with Crippen molar-refractivity contribution in [1.29, 1.82) is 0 Å². The summed E-state index contributed by atoms with van der Waals surface area (Å²) in [7, 11) is 0. The first-order valence-electron chi connectivity index (χ1n) is 10.8. The molecule has 0 saturated heterocycles. The zero-order valence-electron chi connectivity index (χ0n) is 18.4. The monoisotopic (exact) mass is 414 g/mol. The normalized spacial score (nSPS) is 10.7. The molecule has 160 valence electrons. The Morgan fingerprint density at radius 3 is 2.29 bits per heavy atom. The summed E-state index contributed by atoms with van der Waals surface area (Å²) in [5, 5.41) is 9.02. The number of aliphatic hydroxyl groups is 1. The number of carbonyl (C=O) groups excluding carboxylic acids is 1. The minimum absolute atomic E-state index is 0.219. The first-order valence-corrected chi connectivity index (χ1v) is 10.8. The Labute approximate surface area is 185 Å². The quantitative estimate of drug-likeness (QED) is 0.338. The van der Waals surface area contributed by atoms with Crippen molar-refractivity contribution < 1.29 is 14.6 Å². The van der Waals surface area contributed by atoms with E-state index in [0.29, 0.717) is 5.57 Å². The summed E-state index contributed by atoms with van der Waals surface area (Å²) in [6, 6.07) is 23.2. The molecule has 0 radical (unpaired) electrons. The van der Waals surface area contributed by atoms with E-state index in [1.807, 2.05) is 18.2 Å². The summed E-state index contributed by atoms with van der Waals surface area (Å²) in [6.07, 6.45) is 2.60. The van der Waals surface area contributed by atoms with Gasteiger partial charge in [-0.2, -0.15) is 0 Å². The summed E-state index contributed by atoms with van der Waals surface area (Å²) >= 11 is 0. The molecule has 3 nitrogen and oxygen atoms in total. The Hall–Kier alpha value is -3.17. The van der Waals surface area contributed by atoms with Gasteiger partial charge in [0.1, 0.15) is 6.61 Å². The molecule has 3 rings (SSSR count). The molecule has 0 unspecified atom stereocenters. The van der Waals surface area contributed by atoms with Crippen molar-refractivity contribution in [1.82, 2.24) is 0 Å². The van der Waals surface area contributed by atoms with Gasteiger partial charge in [-0.05, 0) is 65.1 Å². The van der Waals surface area contributed by atoms with Gasteiger partial charge >= 0.3 is 5.97 Å². The number of benzene rings is 3. The van der Waals surface area contributed by atoms with Crippen LogP contribution in [0.15, 0.2) is 78.9 Å². The minimum Gasteiger partial charge on any atom is -0.457 e. The lowest BCUT2D eigenvalue weighted by atomic mass is 9.91. The summed E-state index contributed by atoms with van der Waals surface area (Å²) < 4.78 is 5.39. The van der Waals surface area contributed by atoms with Crippen LogP contribution in [0, 0.1) is 0 Å². The fraction of sp³-hybridized carbons (Fsp3) is 0.250. The highest BCUT2D eigenvalue weighted by molar-refractivity contribution is 5.87.